The fourth-order valence-electron chi connectivity index (χ4n) is 7.43. The summed E-state index contributed by atoms with van der Waals surface area (Å²) in [5.74, 6) is -0.942. The van der Waals surface area contributed by atoms with Gasteiger partial charge in [0, 0.05) is 29.4 Å². The van der Waals surface area contributed by atoms with E-state index in [4.69, 9.17) is 9.47 Å². The third-order valence-corrected chi connectivity index (χ3v) is 8.67. The molecule has 0 saturated carbocycles. The van der Waals surface area contributed by atoms with Gasteiger partial charge in [0.05, 0.1) is 28.3 Å². The van der Waals surface area contributed by atoms with Crippen LogP contribution in [0.25, 0.3) is 33.2 Å². The molecule has 6 atom stereocenters. The highest BCUT2D eigenvalue weighted by molar-refractivity contribution is 6.06. The number of aromatic nitrogens is 2. The standard InChI is InChI=1S/C27H25N3O4/c1-27-17(33-2)11-12-18(34-27)29-15-9-5-3-7-13(15)19-21-22(26(32)28-25(21)31)20-14-8-4-6-10-16(14)30(27)24(20)23(19)29/h3-10,17-18,21-22,26,32H,11-12H2,1-2H3,(H,28,31)/t17?,18?,21?,22?,26-,27?/m0/s1. The average molecular weight is 456 g/mol. The van der Waals surface area contributed by atoms with Crippen molar-refractivity contribution in [1.29, 1.82) is 0 Å². The van der Waals surface area contributed by atoms with Crippen LogP contribution in [0.4, 0.5) is 0 Å². The normalized spacial score (nSPS) is 33.0. The number of hydrogen-bond donors (Lipinski definition) is 2. The maximum atomic E-state index is 13.3. The first kappa shape index (κ1) is 19.2. The quantitative estimate of drug-likeness (QED) is 0.456. The molecule has 34 heavy (non-hydrogen) atoms. The summed E-state index contributed by atoms with van der Waals surface area (Å²) in [6, 6.07) is 16.6. The molecule has 4 aliphatic rings. The van der Waals surface area contributed by atoms with E-state index in [0.29, 0.717) is 0 Å². The summed E-state index contributed by atoms with van der Waals surface area (Å²) in [5.41, 5.74) is 5.47. The third kappa shape index (κ3) is 1.96. The number of carbonyl (C=O) groups excluding carboxylic acids is 1. The lowest BCUT2D eigenvalue weighted by atomic mass is 9.75. The predicted molar refractivity (Wildman–Crippen MR) is 126 cm³/mol. The second-order valence-electron chi connectivity index (χ2n) is 10.1. The summed E-state index contributed by atoms with van der Waals surface area (Å²) in [5, 5.41) is 16.1. The van der Waals surface area contributed by atoms with Crippen LogP contribution >= 0.6 is 0 Å². The second-order valence-corrected chi connectivity index (χ2v) is 10.1. The van der Waals surface area contributed by atoms with E-state index < -0.39 is 17.9 Å². The molecule has 0 spiro atoms. The summed E-state index contributed by atoms with van der Waals surface area (Å²) in [7, 11) is 1.75. The van der Waals surface area contributed by atoms with Crippen molar-refractivity contribution in [3.8, 4) is 11.4 Å². The molecule has 4 aromatic rings. The van der Waals surface area contributed by atoms with Gasteiger partial charge in [-0.25, -0.2) is 0 Å². The Balaban J connectivity index is 1.64. The highest BCUT2D eigenvalue weighted by Crippen LogP contribution is 2.61. The smallest absolute Gasteiger partial charge is 0.230 e. The Kier molecular flexibility index (Phi) is 3.45. The molecule has 2 aromatic carbocycles. The van der Waals surface area contributed by atoms with Gasteiger partial charge in [0.2, 0.25) is 5.91 Å². The molecule has 3 aliphatic heterocycles. The predicted octanol–water partition coefficient (Wildman–Crippen LogP) is 3.90. The lowest BCUT2D eigenvalue weighted by molar-refractivity contribution is -0.247. The molecule has 2 saturated heterocycles. The molecule has 8 rings (SSSR count). The van der Waals surface area contributed by atoms with E-state index in [9.17, 15) is 9.90 Å². The van der Waals surface area contributed by atoms with Crippen molar-refractivity contribution in [3.63, 3.8) is 0 Å². The van der Waals surface area contributed by atoms with Crippen molar-refractivity contribution in [1.82, 2.24) is 14.5 Å². The van der Waals surface area contributed by atoms with Crippen LogP contribution in [-0.2, 0) is 20.0 Å². The number of nitrogens with one attached hydrogen (secondary N) is 1. The molecule has 2 N–H and O–H groups in total. The first-order valence-electron chi connectivity index (χ1n) is 12.0. The minimum atomic E-state index is -0.946. The minimum absolute atomic E-state index is 0.117. The molecule has 0 radical (unpaired) electrons. The molecule has 2 bridgehead atoms. The number of para-hydroxylation sites is 2. The number of benzene rings is 2. The Bertz CT molecular complexity index is 1550. The van der Waals surface area contributed by atoms with Crippen molar-refractivity contribution in [2.75, 3.05) is 7.11 Å². The molecule has 2 fully saturated rings. The summed E-state index contributed by atoms with van der Waals surface area (Å²) >= 11 is 0. The van der Waals surface area contributed by atoms with Crippen molar-refractivity contribution in [2.24, 2.45) is 0 Å². The summed E-state index contributed by atoms with van der Waals surface area (Å²) < 4.78 is 17.6. The highest BCUT2D eigenvalue weighted by Gasteiger charge is 2.57. The van der Waals surface area contributed by atoms with Crippen LogP contribution in [0.15, 0.2) is 48.5 Å². The number of rotatable bonds is 1. The van der Waals surface area contributed by atoms with Crippen LogP contribution in [0.3, 0.4) is 0 Å². The number of fused-ring (bicyclic) bond motifs is 13. The van der Waals surface area contributed by atoms with Crippen molar-refractivity contribution < 1.29 is 19.4 Å². The van der Waals surface area contributed by atoms with Crippen LogP contribution in [0.2, 0.25) is 0 Å². The first-order chi connectivity index (χ1) is 16.5. The van der Waals surface area contributed by atoms with Gasteiger partial charge < -0.3 is 29.0 Å². The number of aliphatic hydroxyl groups excluding tert-OH is 1. The van der Waals surface area contributed by atoms with Gasteiger partial charge in [-0.15, -0.1) is 0 Å². The van der Waals surface area contributed by atoms with Crippen LogP contribution in [0.5, 0.6) is 0 Å². The molecule has 7 nitrogen and oxygen atoms in total. The maximum Gasteiger partial charge on any atom is 0.230 e. The van der Waals surface area contributed by atoms with Gasteiger partial charge in [0.15, 0.2) is 5.72 Å². The molecule has 1 aliphatic carbocycles. The number of carbonyl (C=O) groups is 1. The van der Waals surface area contributed by atoms with Gasteiger partial charge in [-0.1, -0.05) is 36.4 Å². The Morgan fingerprint density at radius 1 is 1.03 bits per heavy atom. The lowest BCUT2D eigenvalue weighted by Gasteiger charge is -2.44. The fourth-order valence-corrected chi connectivity index (χ4v) is 7.43. The highest BCUT2D eigenvalue weighted by atomic mass is 16.6. The zero-order chi connectivity index (χ0) is 22.9. The average Bonchev–Trinajstić information content (AvgIpc) is 3.44. The van der Waals surface area contributed by atoms with Crippen molar-refractivity contribution >= 4 is 27.7 Å². The summed E-state index contributed by atoms with van der Waals surface area (Å²) in [6.45, 7) is 2.12. The zero-order valence-electron chi connectivity index (χ0n) is 19.0. The summed E-state index contributed by atoms with van der Waals surface area (Å²) in [4.78, 5) is 13.3. The van der Waals surface area contributed by atoms with Gasteiger partial charge >= 0.3 is 0 Å². The lowest BCUT2D eigenvalue weighted by Crippen LogP contribution is -2.49. The van der Waals surface area contributed by atoms with Crippen molar-refractivity contribution in [3.05, 3.63) is 59.7 Å². The molecule has 2 aromatic heterocycles. The molecule has 172 valence electrons. The van der Waals surface area contributed by atoms with E-state index in [1.165, 1.54) is 0 Å². The van der Waals surface area contributed by atoms with Gasteiger partial charge in [-0.2, -0.15) is 0 Å². The molecule has 7 heteroatoms. The van der Waals surface area contributed by atoms with E-state index in [0.717, 1.165) is 57.2 Å². The number of nitrogens with zero attached hydrogens (tertiary/aromatic N) is 2. The third-order valence-electron chi connectivity index (χ3n) is 8.67. The number of ether oxygens (including phenoxy) is 2. The monoisotopic (exact) mass is 455 g/mol. The van der Waals surface area contributed by atoms with E-state index >= 15 is 0 Å². The van der Waals surface area contributed by atoms with Gasteiger partial charge in [-0.05, 0) is 37.5 Å². The molecule has 1 amide bonds. The molecule has 5 unspecified atom stereocenters. The molecular formula is C27H25N3O4. The molecule has 5 heterocycles. The van der Waals surface area contributed by atoms with Crippen LogP contribution in [0.1, 0.15) is 49.0 Å². The van der Waals surface area contributed by atoms with E-state index in [2.05, 4.69) is 45.6 Å². The molecular weight excluding hydrogens is 430 g/mol. The minimum Gasteiger partial charge on any atom is -0.376 e. The summed E-state index contributed by atoms with van der Waals surface area (Å²) in [6.07, 6.45) is 0.422. The van der Waals surface area contributed by atoms with Crippen LogP contribution in [-0.4, -0.2) is 39.6 Å². The SMILES string of the molecule is COC1CCC2OC1(C)n1c3c(c4ccccc41)C1C(C(=O)N[C@H]1O)c1c-3n2c2ccccc12. The number of hydrogen-bond acceptors (Lipinski definition) is 4. The first-order valence-corrected chi connectivity index (χ1v) is 12.0. The van der Waals surface area contributed by atoms with Gasteiger partial charge in [-0.3, -0.25) is 4.79 Å². The van der Waals surface area contributed by atoms with E-state index in [-0.39, 0.29) is 24.2 Å². The van der Waals surface area contributed by atoms with Crippen LogP contribution < -0.4 is 5.32 Å². The number of methoxy groups -OCH3 is 1. The maximum absolute atomic E-state index is 13.3. The zero-order valence-corrected chi connectivity index (χ0v) is 19.0. The fraction of sp³-hybridized carbons (Fsp3) is 0.370. The van der Waals surface area contributed by atoms with E-state index in [1.54, 1.807) is 7.11 Å². The Morgan fingerprint density at radius 3 is 2.50 bits per heavy atom. The number of amides is 1. The Morgan fingerprint density at radius 2 is 1.74 bits per heavy atom. The second kappa shape index (κ2) is 6.10. The Hall–Kier alpha value is -3.13. The number of aliphatic hydroxyl groups is 1. The largest absolute Gasteiger partial charge is 0.376 e. The Labute approximate surface area is 195 Å². The van der Waals surface area contributed by atoms with Crippen molar-refractivity contribution in [2.45, 2.75) is 55.9 Å². The van der Waals surface area contributed by atoms with Gasteiger partial charge in [0.25, 0.3) is 0 Å². The van der Waals surface area contributed by atoms with Crippen LogP contribution in [0, 0.1) is 0 Å². The van der Waals surface area contributed by atoms with E-state index in [1.807, 2.05) is 24.3 Å². The topological polar surface area (TPSA) is 77.7 Å². The van der Waals surface area contributed by atoms with Gasteiger partial charge in [0.1, 0.15) is 18.6 Å².